The molecule has 6 heteroatoms. The molecule has 0 aliphatic carbocycles. The van der Waals surface area contributed by atoms with Crippen LogP contribution in [0.25, 0.3) is 5.69 Å². The number of rotatable bonds is 3. The van der Waals surface area contributed by atoms with Crippen molar-refractivity contribution in [2.75, 3.05) is 5.32 Å². The fourth-order valence-electron chi connectivity index (χ4n) is 1.82. The number of nitrogens with zero attached hydrogens (tertiary/aromatic N) is 3. The second-order valence-electron chi connectivity index (χ2n) is 4.32. The van der Waals surface area contributed by atoms with Gasteiger partial charge in [-0.25, -0.2) is 9.67 Å². The van der Waals surface area contributed by atoms with Crippen LogP contribution in [0.2, 0.25) is 0 Å². The second-order valence-corrected chi connectivity index (χ2v) is 5.24. The third-order valence-corrected chi connectivity index (χ3v) is 3.32. The first-order chi connectivity index (χ1) is 10.2. The van der Waals surface area contributed by atoms with Crippen molar-refractivity contribution >= 4 is 27.7 Å². The van der Waals surface area contributed by atoms with Gasteiger partial charge in [0.1, 0.15) is 5.82 Å². The van der Waals surface area contributed by atoms with Crippen LogP contribution in [0, 0.1) is 0 Å². The highest BCUT2D eigenvalue weighted by atomic mass is 79.9. The highest BCUT2D eigenvalue weighted by Crippen LogP contribution is 2.14. The fourth-order valence-corrected chi connectivity index (χ4v) is 2.16. The van der Waals surface area contributed by atoms with E-state index in [0.29, 0.717) is 11.4 Å². The maximum Gasteiger partial charge on any atom is 0.260 e. The van der Waals surface area contributed by atoms with Crippen LogP contribution in [-0.4, -0.2) is 20.7 Å². The van der Waals surface area contributed by atoms with Gasteiger partial charge in [0.25, 0.3) is 5.91 Å². The van der Waals surface area contributed by atoms with Crippen molar-refractivity contribution in [1.29, 1.82) is 0 Å². The maximum absolute atomic E-state index is 12.2. The summed E-state index contributed by atoms with van der Waals surface area (Å²) in [6.07, 6.45) is 4.83. The molecule has 0 bridgehead atoms. The molecule has 104 valence electrons. The van der Waals surface area contributed by atoms with E-state index >= 15 is 0 Å². The van der Waals surface area contributed by atoms with Crippen molar-refractivity contribution in [1.82, 2.24) is 14.8 Å². The van der Waals surface area contributed by atoms with Gasteiger partial charge in [-0.15, -0.1) is 0 Å². The summed E-state index contributed by atoms with van der Waals surface area (Å²) >= 11 is 3.34. The highest BCUT2D eigenvalue weighted by molar-refractivity contribution is 9.10. The summed E-state index contributed by atoms with van der Waals surface area (Å²) in [5.74, 6) is 0.240. The first-order valence-corrected chi connectivity index (χ1v) is 7.05. The molecule has 1 amide bonds. The number of amides is 1. The van der Waals surface area contributed by atoms with Gasteiger partial charge in [-0.1, -0.05) is 34.1 Å². The van der Waals surface area contributed by atoms with E-state index in [4.69, 9.17) is 0 Å². The molecule has 0 saturated carbocycles. The van der Waals surface area contributed by atoms with E-state index in [2.05, 4.69) is 31.3 Å². The molecule has 1 aromatic carbocycles. The molecule has 0 atom stereocenters. The standard InChI is InChI=1S/C15H11BrN4O/c16-12-6-7-17-14(8-12)19-15(21)11-9-18-20(10-11)13-4-2-1-3-5-13/h1-10H,(H,17,19,21). The number of halogens is 1. The van der Waals surface area contributed by atoms with Crippen LogP contribution in [0.1, 0.15) is 10.4 Å². The van der Waals surface area contributed by atoms with E-state index in [1.807, 2.05) is 30.3 Å². The third-order valence-electron chi connectivity index (χ3n) is 2.83. The van der Waals surface area contributed by atoms with Gasteiger partial charge in [-0.3, -0.25) is 4.79 Å². The molecule has 2 aromatic heterocycles. The Balaban J connectivity index is 1.78. The molecule has 3 rings (SSSR count). The number of para-hydroxylation sites is 1. The molecule has 0 aliphatic heterocycles. The average Bonchev–Trinajstić information content (AvgIpc) is 2.98. The zero-order valence-electron chi connectivity index (χ0n) is 10.9. The molecule has 0 saturated heterocycles. The van der Waals surface area contributed by atoms with E-state index in [9.17, 15) is 4.79 Å². The maximum atomic E-state index is 12.2. The summed E-state index contributed by atoms with van der Waals surface area (Å²) in [6.45, 7) is 0. The minimum absolute atomic E-state index is 0.247. The van der Waals surface area contributed by atoms with Crippen molar-refractivity contribution in [2.24, 2.45) is 0 Å². The molecule has 0 unspecified atom stereocenters. The summed E-state index contributed by atoms with van der Waals surface area (Å²) in [6, 6.07) is 13.1. The van der Waals surface area contributed by atoms with Gasteiger partial charge in [-0.05, 0) is 24.3 Å². The van der Waals surface area contributed by atoms with Gasteiger partial charge >= 0.3 is 0 Å². The minimum atomic E-state index is -0.247. The normalized spacial score (nSPS) is 10.3. The monoisotopic (exact) mass is 342 g/mol. The second kappa shape index (κ2) is 5.88. The molecule has 1 N–H and O–H groups in total. The van der Waals surface area contributed by atoms with Crippen LogP contribution in [0.5, 0.6) is 0 Å². The average molecular weight is 343 g/mol. The van der Waals surface area contributed by atoms with Crippen molar-refractivity contribution in [2.45, 2.75) is 0 Å². The van der Waals surface area contributed by atoms with Gasteiger partial charge in [0.15, 0.2) is 0 Å². The number of hydrogen-bond acceptors (Lipinski definition) is 3. The Kier molecular flexibility index (Phi) is 3.79. The zero-order valence-corrected chi connectivity index (χ0v) is 12.5. The molecule has 3 aromatic rings. The summed E-state index contributed by atoms with van der Waals surface area (Å²) in [5, 5.41) is 6.92. The Hall–Kier alpha value is -2.47. The number of carbonyl (C=O) groups is 1. The predicted molar refractivity (Wildman–Crippen MR) is 83.5 cm³/mol. The summed E-state index contributed by atoms with van der Waals surface area (Å²) in [4.78, 5) is 16.2. The lowest BCUT2D eigenvalue weighted by Crippen LogP contribution is -2.12. The van der Waals surface area contributed by atoms with E-state index < -0.39 is 0 Å². The molecule has 0 aliphatic rings. The van der Waals surface area contributed by atoms with Gasteiger partial charge in [0, 0.05) is 16.9 Å². The molecule has 0 fully saturated rings. The van der Waals surface area contributed by atoms with Crippen molar-refractivity contribution in [3.8, 4) is 5.69 Å². The lowest BCUT2D eigenvalue weighted by atomic mass is 10.3. The largest absolute Gasteiger partial charge is 0.306 e. The fraction of sp³-hybridized carbons (Fsp3) is 0. The van der Waals surface area contributed by atoms with Crippen LogP contribution < -0.4 is 5.32 Å². The van der Waals surface area contributed by atoms with Crippen LogP contribution in [-0.2, 0) is 0 Å². The predicted octanol–water partition coefficient (Wildman–Crippen LogP) is 3.28. The lowest BCUT2D eigenvalue weighted by Gasteiger charge is -2.02. The SMILES string of the molecule is O=C(Nc1cc(Br)ccn1)c1cnn(-c2ccccc2)c1. The number of aromatic nitrogens is 3. The molecule has 2 heterocycles. The Labute approximate surface area is 129 Å². The molecule has 0 radical (unpaired) electrons. The number of anilines is 1. The Morgan fingerprint density at radius 1 is 1.19 bits per heavy atom. The van der Waals surface area contributed by atoms with Gasteiger partial charge in [0.2, 0.25) is 0 Å². The Morgan fingerprint density at radius 3 is 2.76 bits per heavy atom. The number of benzene rings is 1. The number of pyridine rings is 1. The van der Waals surface area contributed by atoms with Crippen molar-refractivity contribution < 1.29 is 4.79 Å². The number of carbonyl (C=O) groups excluding carboxylic acids is 1. The Bertz CT molecular complexity index is 770. The van der Waals surface area contributed by atoms with Crippen molar-refractivity contribution in [3.05, 3.63) is 71.1 Å². The smallest absolute Gasteiger partial charge is 0.260 e. The van der Waals surface area contributed by atoms with Gasteiger partial charge < -0.3 is 5.32 Å². The summed E-state index contributed by atoms with van der Waals surface area (Å²) < 4.78 is 2.51. The molecule has 21 heavy (non-hydrogen) atoms. The molecule has 5 nitrogen and oxygen atoms in total. The highest BCUT2D eigenvalue weighted by Gasteiger charge is 2.10. The zero-order chi connectivity index (χ0) is 14.7. The van der Waals surface area contributed by atoms with Crippen LogP contribution in [0.15, 0.2) is 65.5 Å². The first kappa shape index (κ1) is 13.5. The molecular formula is C15H11BrN4O. The minimum Gasteiger partial charge on any atom is -0.306 e. The topological polar surface area (TPSA) is 59.8 Å². The third kappa shape index (κ3) is 3.17. The van der Waals surface area contributed by atoms with E-state index in [0.717, 1.165) is 10.2 Å². The van der Waals surface area contributed by atoms with E-state index in [1.165, 1.54) is 6.20 Å². The van der Waals surface area contributed by atoms with Crippen LogP contribution >= 0.6 is 15.9 Å². The van der Waals surface area contributed by atoms with E-state index in [-0.39, 0.29) is 5.91 Å². The van der Waals surface area contributed by atoms with Crippen LogP contribution in [0.4, 0.5) is 5.82 Å². The molecular weight excluding hydrogens is 332 g/mol. The number of nitrogens with one attached hydrogen (secondary N) is 1. The summed E-state index contributed by atoms with van der Waals surface area (Å²) in [7, 11) is 0. The Morgan fingerprint density at radius 2 is 2.00 bits per heavy atom. The first-order valence-electron chi connectivity index (χ1n) is 6.25. The van der Waals surface area contributed by atoms with Gasteiger partial charge in [-0.2, -0.15) is 5.10 Å². The van der Waals surface area contributed by atoms with Crippen molar-refractivity contribution in [3.63, 3.8) is 0 Å². The van der Waals surface area contributed by atoms with Crippen LogP contribution in [0.3, 0.4) is 0 Å². The van der Waals surface area contributed by atoms with Gasteiger partial charge in [0.05, 0.1) is 17.4 Å². The summed E-state index contributed by atoms with van der Waals surface area (Å²) in [5.41, 5.74) is 1.37. The number of hydrogen-bond donors (Lipinski definition) is 1. The van der Waals surface area contributed by atoms with E-state index in [1.54, 1.807) is 29.2 Å². The molecule has 0 spiro atoms. The lowest BCUT2D eigenvalue weighted by molar-refractivity contribution is 0.102. The quantitative estimate of drug-likeness (QED) is 0.794.